The number of hydrogen-bond donors (Lipinski definition) is 2. The number of aromatic nitrogens is 1. The van der Waals surface area contributed by atoms with Crippen molar-refractivity contribution in [1.82, 2.24) is 4.98 Å². The highest BCUT2D eigenvalue weighted by molar-refractivity contribution is 7.93. The van der Waals surface area contributed by atoms with E-state index in [2.05, 4.69) is 9.35 Å². The number of rotatable bonds is 6. The summed E-state index contributed by atoms with van der Waals surface area (Å²) in [5, 5.41) is 26.6. The van der Waals surface area contributed by atoms with Gasteiger partial charge in [0.1, 0.15) is 17.5 Å². The zero-order chi connectivity index (χ0) is 23.7. The zero-order valence-corrected chi connectivity index (χ0v) is 20.0. The second kappa shape index (κ2) is 9.12. The van der Waals surface area contributed by atoms with E-state index in [4.69, 9.17) is 5.14 Å². The topological polar surface area (TPSA) is 129 Å². The third kappa shape index (κ3) is 5.54. The molecule has 3 N–H and O–H groups in total. The van der Waals surface area contributed by atoms with Crippen molar-refractivity contribution >= 4 is 27.2 Å². The van der Waals surface area contributed by atoms with Gasteiger partial charge in [-0.1, -0.05) is 27.7 Å². The maximum absolute atomic E-state index is 14.9. The largest absolute Gasteiger partial charge is 0.384 e. The van der Waals surface area contributed by atoms with Crippen LogP contribution in [-0.4, -0.2) is 20.2 Å². The average molecular weight is 467 g/mol. The van der Waals surface area contributed by atoms with Crippen molar-refractivity contribution in [3.05, 3.63) is 45.2 Å². The van der Waals surface area contributed by atoms with E-state index in [1.54, 1.807) is 13.8 Å². The number of aliphatic hydroxyl groups is 1. The summed E-state index contributed by atoms with van der Waals surface area (Å²) in [6.07, 6.45) is -0.304. The molecule has 0 bridgehead atoms. The minimum Gasteiger partial charge on any atom is -0.384 e. The third-order valence-electron chi connectivity index (χ3n) is 4.69. The minimum atomic E-state index is -3.63. The number of nitriles is 1. The lowest BCUT2D eigenvalue weighted by Crippen LogP contribution is -2.19. The summed E-state index contributed by atoms with van der Waals surface area (Å²) in [6.45, 7) is 10.3. The van der Waals surface area contributed by atoms with Crippen molar-refractivity contribution in [3.63, 3.8) is 0 Å². The van der Waals surface area contributed by atoms with Gasteiger partial charge in [0.15, 0.2) is 9.92 Å². The quantitative estimate of drug-likeness (QED) is 0.662. The molecule has 10 heteroatoms. The molecule has 0 saturated carbocycles. The Hall–Kier alpha value is -2.19. The van der Waals surface area contributed by atoms with Crippen molar-refractivity contribution in [2.45, 2.75) is 69.7 Å². The van der Waals surface area contributed by atoms with E-state index in [-0.39, 0.29) is 39.4 Å². The van der Waals surface area contributed by atoms with Crippen LogP contribution in [0.1, 0.15) is 81.3 Å². The Morgan fingerprint density at radius 3 is 2.45 bits per heavy atom. The van der Waals surface area contributed by atoms with Crippen molar-refractivity contribution in [1.29, 1.82) is 5.26 Å². The van der Waals surface area contributed by atoms with Gasteiger partial charge in [-0.25, -0.2) is 18.7 Å². The van der Waals surface area contributed by atoms with E-state index in [1.807, 2.05) is 19.9 Å². The van der Waals surface area contributed by atoms with Gasteiger partial charge in [-0.15, -0.1) is 15.7 Å². The van der Waals surface area contributed by atoms with Crippen LogP contribution in [-0.2, 0) is 26.7 Å². The van der Waals surface area contributed by atoms with Gasteiger partial charge in [0, 0.05) is 5.38 Å². The van der Waals surface area contributed by atoms with E-state index in [0.717, 1.165) is 11.3 Å². The molecular weight excluding hydrogens is 439 g/mol. The van der Waals surface area contributed by atoms with Crippen LogP contribution in [0.25, 0.3) is 0 Å². The number of halogens is 1. The predicted molar refractivity (Wildman–Crippen MR) is 118 cm³/mol. The fourth-order valence-corrected chi connectivity index (χ4v) is 5.37. The lowest BCUT2D eigenvalue weighted by atomic mass is 9.85. The molecule has 1 unspecified atom stereocenters. The van der Waals surface area contributed by atoms with Crippen LogP contribution in [0.4, 0.5) is 4.39 Å². The van der Waals surface area contributed by atoms with Gasteiger partial charge >= 0.3 is 0 Å². The highest BCUT2D eigenvalue weighted by Gasteiger charge is 2.26. The lowest BCUT2D eigenvalue weighted by molar-refractivity contribution is -0.117. The lowest BCUT2D eigenvalue weighted by Gasteiger charge is -2.20. The van der Waals surface area contributed by atoms with Crippen molar-refractivity contribution in [2.24, 2.45) is 9.50 Å². The minimum absolute atomic E-state index is 0.0721. The van der Waals surface area contributed by atoms with E-state index < -0.39 is 27.2 Å². The molecule has 0 fully saturated rings. The number of thiazole rings is 1. The Labute approximate surface area is 186 Å². The number of benzene rings is 1. The number of hydrogen-bond acceptors (Lipinski definition) is 6. The molecule has 1 aromatic carbocycles. The molecule has 0 radical (unpaired) electrons. The summed E-state index contributed by atoms with van der Waals surface area (Å²) < 4.78 is 31.4. The monoisotopic (exact) mass is 466 g/mol. The number of carbonyl (C=O) groups is 1. The van der Waals surface area contributed by atoms with Gasteiger partial charge in [0.05, 0.1) is 17.7 Å². The molecule has 2 rings (SSSR count). The van der Waals surface area contributed by atoms with Gasteiger partial charge in [0.2, 0.25) is 4.34 Å². The SMILES string of the molecule is CC(C)c1cc(C#N)c(F)c(C(C)C)c1CC(=O)N=S(N)(=O)c1nc(C(C)(C)O)cs1. The number of carbonyl (C=O) groups excluding carboxylic acids is 1. The molecular formula is C21H27FN4O3S2. The number of nitrogens with zero attached hydrogens (tertiary/aromatic N) is 3. The normalized spacial score (nSPS) is 13.9. The second-order valence-electron chi connectivity index (χ2n) is 8.43. The summed E-state index contributed by atoms with van der Waals surface area (Å²) in [4.78, 5) is 16.8. The van der Waals surface area contributed by atoms with E-state index in [0.29, 0.717) is 11.1 Å². The molecule has 0 aliphatic rings. The average Bonchev–Trinajstić information content (AvgIpc) is 3.12. The molecule has 0 spiro atoms. The molecule has 0 aliphatic heterocycles. The molecule has 2 aromatic rings. The molecule has 1 heterocycles. The van der Waals surface area contributed by atoms with Gasteiger partial charge in [-0.05, 0) is 48.4 Å². The van der Waals surface area contributed by atoms with Gasteiger partial charge in [-0.3, -0.25) is 4.79 Å². The van der Waals surface area contributed by atoms with Gasteiger partial charge in [0.25, 0.3) is 5.91 Å². The maximum atomic E-state index is 14.9. The van der Waals surface area contributed by atoms with Gasteiger partial charge in [-0.2, -0.15) is 5.26 Å². The van der Waals surface area contributed by atoms with Crippen LogP contribution in [0, 0.1) is 17.1 Å². The summed E-state index contributed by atoms with van der Waals surface area (Å²) in [6, 6.07) is 3.31. The Morgan fingerprint density at radius 2 is 2.00 bits per heavy atom. The van der Waals surface area contributed by atoms with E-state index >= 15 is 0 Å². The molecule has 1 atom stereocenters. The van der Waals surface area contributed by atoms with Crippen LogP contribution in [0.5, 0.6) is 0 Å². The smallest absolute Gasteiger partial charge is 0.259 e. The summed E-state index contributed by atoms with van der Waals surface area (Å²) in [5.41, 5.74) is 0.298. The van der Waals surface area contributed by atoms with Crippen molar-refractivity contribution < 1.29 is 18.5 Å². The third-order valence-corrected chi connectivity index (χ3v) is 7.40. The van der Waals surface area contributed by atoms with Crippen LogP contribution >= 0.6 is 11.3 Å². The maximum Gasteiger partial charge on any atom is 0.259 e. The zero-order valence-electron chi connectivity index (χ0n) is 18.4. The first-order valence-corrected chi connectivity index (χ1v) is 12.2. The van der Waals surface area contributed by atoms with E-state index in [9.17, 15) is 23.8 Å². The first kappa shape index (κ1) is 25.1. The first-order chi connectivity index (χ1) is 14.2. The molecule has 1 amide bonds. The second-order valence-corrected chi connectivity index (χ2v) is 11.3. The Balaban J connectivity index is 2.54. The van der Waals surface area contributed by atoms with Crippen LogP contribution in [0.3, 0.4) is 0 Å². The fourth-order valence-electron chi connectivity index (χ4n) is 3.18. The summed E-state index contributed by atoms with van der Waals surface area (Å²) in [7, 11) is -3.63. The molecule has 31 heavy (non-hydrogen) atoms. The first-order valence-electron chi connectivity index (χ1n) is 9.70. The Bertz CT molecular complexity index is 1160. The van der Waals surface area contributed by atoms with Crippen molar-refractivity contribution in [3.8, 4) is 6.07 Å². The summed E-state index contributed by atoms with van der Waals surface area (Å²) >= 11 is 0.942. The molecule has 0 saturated heterocycles. The number of nitrogens with two attached hydrogens (primary N) is 1. The standard InChI is InChI=1S/C21H27FN4O3S2/c1-11(2)14-7-13(9-23)19(22)18(12(3)4)15(14)8-17(27)26-31(24,29)20-25-16(10-30-20)21(5,6)28/h7,10-12,28H,8H2,1-6H3,(H2,24,26,27,29). The molecule has 1 aromatic heterocycles. The summed E-state index contributed by atoms with van der Waals surface area (Å²) in [5.74, 6) is -1.80. The van der Waals surface area contributed by atoms with Gasteiger partial charge < -0.3 is 5.11 Å². The highest BCUT2D eigenvalue weighted by Crippen LogP contribution is 2.33. The fraction of sp³-hybridized carbons (Fsp3) is 0.476. The number of amides is 1. The van der Waals surface area contributed by atoms with Crippen LogP contribution in [0.2, 0.25) is 0 Å². The Kier molecular flexibility index (Phi) is 7.38. The van der Waals surface area contributed by atoms with E-state index in [1.165, 1.54) is 25.3 Å². The predicted octanol–water partition coefficient (Wildman–Crippen LogP) is 4.10. The molecule has 0 aliphatic carbocycles. The van der Waals surface area contributed by atoms with Crippen molar-refractivity contribution in [2.75, 3.05) is 0 Å². The Morgan fingerprint density at radius 1 is 1.39 bits per heavy atom. The van der Waals surface area contributed by atoms with Crippen LogP contribution < -0.4 is 5.14 Å². The van der Waals surface area contributed by atoms with Crippen LogP contribution in [0.15, 0.2) is 20.1 Å². The highest BCUT2D eigenvalue weighted by atomic mass is 32.2. The molecule has 7 nitrogen and oxygen atoms in total. The molecule has 168 valence electrons.